The van der Waals surface area contributed by atoms with Gasteiger partial charge in [0.25, 0.3) is 15.9 Å². The molecule has 0 radical (unpaired) electrons. The van der Waals surface area contributed by atoms with Gasteiger partial charge in [-0.05, 0) is 36.8 Å². The van der Waals surface area contributed by atoms with Crippen LogP contribution in [0.4, 0.5) is 19.6 Å². The molecule has 7 nitrogen and oxygen atoms in total. The molecule has 1 aromatic heterocycles. The van der Waals surface area contributed by atoms with E-state index in [0.717, 1.165) is 16.9 Å². The minimum Gasteiger partial charge on any atom is -0.313 e. The molecule has 0 atom stereocenters. The van der Waals surface area contributed by atoms with Gasteiger partial charge in [0.1, 0.15) is 5.69 Å². The van der Waals surface area contributed by atoms with Crippen LogP contribution in [0.3, 0.4) is 0 Å². The lowest BCUT2D eigenvalue weighted by Gasteiger charge is -2.22. The first kappa shape index (κ1) is 22.3. The number of carbonyl (C=O) groups excluding carboxylic acids is 1. The molecule has 0 aliphatic heterocycles. The number of nitrogens with one attached hydrogen (secondary N) is 1. The van der Waals surface area contributed by atoms with Crippen molar-refractivity contribution in [2.24, 2.45) is 0 Å². The number of hydrogen-bond donors (Lipinski definition) is 1. The van der Waals surface area contributed by atoms with Crippen LogP contribution in [0, 0.1) is 18.3 Å². The van der Waals surface area contributed by atoms with Crippen LogP contribution in [-0.2, 0) is 16.6 Å². The lowest BCUT2D eigenvalue weighted by Crippen LogP contribution is -2.35. The summed E-state index contributed by atoms with van der Waals surface area (Å²) < 4.78 is 49.2. The van der Waals surface area contributed by atoms with Crippen LogP contribution in [0.15, 0.2) is 54.6 Å². The van der Waals surface area contributed by atoms with E-state index in [1.54, 1.807) is 36.1 Å². The molecule has 0 aliphatic rings. The van der Waals surface area contributed by atoms with Crippen molar-refractivity contribution in [3.8, 4) is 6.07 Å². The predicted octanol–water partition coefficient (Wildman–Crippen LogP) is 3.94. The maximum atomic E-state index is 12.6. The molecule has 0 saturated carbocycles. The number of nitrogens with zero attached hydrogens (tertiary/aromatic N) is 3. The van der Waals surface area contributed by atoms with E-state index in [1.165, 1.54) is 4.72 Å². The molecule has 1 amide bonds. The smallest absolute Gasteiger partial charge is 0.313 e. The first-order valence-electron chi connectivity index (χ1n) is 8.84. The maximum Gasteiger partial charge on any atom is 0.355 e. The molecule has 3 rings (SSSR count). The second-order valence-electron chi connectivity index (χ2n) is 6.37. The fraction of sp³-hybridized carbons (Fsp3) is 0.150. The molecular weight excluding hydrogens is 446 g/mol. The van der Waals surface area contributed by atoms with Crippen molar-refractivity contribution in [2.75, 3.05) is 4.90 Å². The summed E-state index contributed by atoms with van der Waals surface area (Å²) in [4.78, 5) is 18.6. The summed E-state index contributed by atoms with van der Waals surface area (Å²) in [5.41, 5.74) is 1.83. The minimum atomic E-state index is -5.09. The van der Waals surface area contributed by atoms with E-state index in [1.807, 2.05) is 36.4 Å². The standard InChI is InChI=1S/C20H16F2N4O3S2/c1-13-17(18(27)25-31(28,29)19(21)22)24-20(30-13)26(12-15-5-3-2-4-6-15)16-9-7-14(11-23)8-10-16/h2-10,19H,12H2,1H3,(H,25,27). The molecule has 1 heterocycles. The van der Waals surface area contributed by atoms with Crippen molar-refractivity contribution in [3.05, 3.63) is 76.3 Å². The zero-order chi connectivity index (χ0) is 22.6. The summed E-state index contributed by atoms with van der Waals surface area (Å²) in [6.07, 6.45) is 0. The minimum absolute atomic E-state index is 0.254. The molecule has 3 aromatic rings. The van der Waals surface area contributed by atoms with Gasteiger partial charge >= 0.3 is 5.76 Å². The molecule has 0 saturated heterocycles. The Labute approximate surface area is 181 Å². The molecule has 31 heavy (non-hydrogen) atoms. The van der Waals surface area contributed by atoms with Crippen molar-refractivity contribution in [2.45, 2.75) is 19.2 Å². The van der Waals surface area contributed by atoms with Gasteiger partial charge in [0.2, 0.25) is 0 Å². The summed E-state index contributed by atoms with van der Waals surface area (Å²) in [6, 6.07) is 18.2. The number of benzene rings is 2. The van der Waals surface area contributed by atoms with Crippen LogP contribution in [0.5, 0.6) is 0 Å². The summed E-state index contributed by atoms with van der Waals surface area (Å²) in [5, 5.41) is 9.40. The Kier molecular flexibility index (Phi) is 6.62. The Balaban J connectivity index is 1.98. The van der Waals surface area contributed by atoms with E-state index in [9.17, 15) is 22.0 Å². The Bertz CT molecular complexity index is 1220. The number of anilines is 2. The SMILES string of the molecule is Cc1sc(N(Cc2ccccc2)c2ccc(C#N)cc2)nc1C(=O)NS(=O)(=O)C(F)F. The second kappa shape index (κ2) is 9.20. The van der Waals surface area contributed by atoms with Gasteiger partial charge < -0.3 is 4.90 Å². The van der Waals surface area contributed by atoms with E-state index in [-0.39, 0.29) is 5.69 Å². The molecule has 0 bridgehead atoms. The van der Waals surface area contributed by atoms with Gasteiger partial charge in [0, 0.05) is 10.6 Å². The number of alkyl halides is 2. The molecule has 11 heteroatoms. The van der Waals surface area contributed by atoms with Crippen LogP contribution in [-0.4, -0.2) is 25.1 Å². The Morgan fingerprint density at radius 3 is 2.42 bits per heavy atom. The molecule has 0 aliphatic carbocycles. The summed E-state index contributed by atoms with van der Waals surface area (Å²) in [7, 11) is -5.09. The van der Waals surface area contributed by atoms with Crippen molar-refractivity contribution in [1.29, 1.82) is 5.26 Å². The van der Waals surface area contributed by atoms with E-state index in [2.05, 4.69) is 4.98 Å². The highest BCUT2D eigenvalue weighted by atomic mass is 32.2. The Morgan fingerprint density at radius 1 is 1.19 bits per heavy atom. The number of carbonyl (C=O) groups is 1. The largest absolute Gasteiger partial charge is 0.355 e. The van der Waals surface area contributed by atoms with Crippen LogP contribution >= 0.6 is 11.3 Å². The van der Waals surface area contributed by atoms with E-state index >= 15 is 0 Å². The highest BCUT2D eigenvalue weighted by Crippen LogP contribution is 2.33. The van der Waals surface area contributed by atoms with E-state index < -0.39 is 21.7 Å². The number of amides is 1. The number of thiazole rings is 1. The van der Waals surface area contributed by atoms with Gasteiger partial charge in [-0.3, -0.25) is 4.79 Å². The van der Waals surface area contributed by atoms with E-state index in [4.69, 9.17) is 5.26 Å². The molecule has 2 aromatic carbocycles. The molecule has 0 spiro atoms. The first-order valence-corrected chi connectivity index (χ1v) is 11.2. The zero-order valence-electron chi connectivity index (χ0n) is 16.1. The molecule has 160 valence electrons. The summed E-state index contributed by atoms with van der Waals surface area (Å²) >= 11 is 1.12. The van der Waals surface area contributed by atoms with Gasteiger partial charge in [0.05, 0.1) is 18.2 Å². The first-order chi connectivity index (χ1) is 14.7. The number of aryl methyl sites for hydroxylation is 1. The van der Waals surface area contributed by atoms with Crippen LogP contribution in [0.25, 0.3) is 0 Å². The number of aromatic nitrogens is 1. The number of nitriles is 1. The van der Waals surface area contributed by atoms with Gasteiger partial charge in [-0.1, -0.05) is 30.3 Å². The average molecular weight is 463 g/mol. The highest BCUT2D eigenvalue weighted by molar-refractivity contribution is 7.90. The Hall–Kier alpha value is -3.36. The fourth-order valence-electron chi connectivity index (χ4n) is 2.68. The van der Waals surface area contributed by atoms with Gasteiger partial charge in [-0.25, -0.2) is 18.1 Å². The van der Waals surface area contributed by atoms with Crippen molar-refractivity contribution < 1.29 is 22.0 Å². The van der Waals surface area contributed by atoms with Crippen LogP contribution in [0.1, 0.15) is 26.5 Å². The summed E-state index contributed by atoms with van der Waals surface area (Å²) in [6.45, 7) is 1.92. The molecule has 0 unspecified atom stereocenters. The fourth-order valence-corrected chi connectivity index (χ4v) is 4.05. The molecular formula is C20H16F2N4O3S2. The highest BCUT2D eigenvalue weighted by Gasteiger charge is 2.29. The topological polar surface area (TPSA) is 103 Å². The summed E-state index contributed by atoms with van der Waals surface area (Å²) in [5.74, 6) is -4.96. The molecule has 1 N–H and O–H groups in total. The van der Waals surface area contributed by atoms with Crippen LogP contribution in [0.2, 0.25) is 0 Å². The third-order valence-electron chi connectivity index (χ3n) is 4.19. The van der Waals surface area contributed by atoms with Gasteiger partial charge in [0.15, 0.2) is 5.13 Å². The molecule has 0 fully saturated rings. The lowest BCUT2D eigenvalue weighted by atomic mass is 10.2. The lowest BCUT2D eigenvalue weighted by molar-refractivity contribution is 0.0972. The number of rotatable bonds is 7. The average Bonchev–Trinajstić information content (AvgIpc) is 3.14. The number of hydrogen-bond acceptors (Lipinski definition) is 7. The quantitative estimate of drug-likeness (QED) is 0.570. The third-order valence-corrected chi connectivity index (χ3v) is 6.13. The normalized spacial score (nSPS) is 11.2. The predicted molar refractivity (Wildman–Crippen MR) is 113 cm³/mol. The van der Waals surface area contributed by atoms with Gasteiger partial charge in [-0.15, -0.1) is 11.3 Å². The maximum absolute atomic E-state index is 12.6. The van der Waals surface area contributed by atoms with Crippen LogP contribution < -0.4 is 9.62 Å². The number of sulfonamides is 1. The Morgan fingerprint density at radius 2 is 1.84 bits per heavy atom. The van der Waals surface area contributed by atoms with Crippen molar-refractivity contribution in [3.63, 3.8) is 0 Å². The number of halogens is 2. The van der Waals surface area contributed by atoms with Gasteiger partial charge in [-0.2, -0.15) is 14.0 Å². The monoisotopic (exact) mass is 462 g/mol. The van der Waals surface area contributed by atoms with Crippen molar-refractivity contribution >= 4 is 38.1 Å². The third kappa shape index (κ3) is 5.22. The zero-order valence-corrected chi connectivity index (χ0v) is 17.8. The second-order valence-corrected chi connectivity index (χ2v) is 9.20. The van der Waals surface area contributed by atoms with E-state index in [0.29, 0.717) is 27.8 Å². The van der Waals surface area contributed by atoms with Crippen molar-refractivity contribution in [1.82, 2.24) is 9.71 Å².